The molecule has 0 spiro atoms. The second kappa shape index (κ2) is 7.06. The van der Waals surface area contributed by atoms with Crippen molar-refractivity contribution in [2.75, 3.05) is 19.8 Å². The summed E-state index contributed by atoms with van der Waals surface area (Å²) in [4.78, 5) is 0. The van der Waals surface area contributed by atoms with E-state index in [4.69, 9.17) is 4.74 Å². The van der Waals surface area contributed by atoms with Crippen LogP contribution in [-0.2, 0) is 24.6 Å². The van der Waals surface area contributed by atoms with E-state index < -0.39 is 0 Å². The molecule has 4 nitrogen and oxygen atoms in total. The van der Waals surface area contributed by atoms with E-state index in [1.54, 1.807) is 0 Å². The summed E-state index contributed by atoms with van der Waals surface area (Å²) in [5.74, 6) is 0.570. The van der Waals surface area contributed by atoms with Crippen molar-refractivity contribution in [1.82, 2.24) is 15.1 Å². The number of hydrogen-bond acceptors (Lipinski definition) is 3. The van der Waals surface area contributed by atoms with Gasteiger partial charge in [0.15, 0.2) is 0 Å². The molecule has 0 radical (unpaired) electrons. The van der Waals surface area contributed by atoms with Crippen LogP contribution < -0.4 is 5.32 Å². The first-order valence-corrected chi connectivity index (χ1v) is 7.57. The first kappa shape index (κ1) is 14.5. The summed E-state index contributed by atoms with van der Waals surface area (Å²) in [5.41, 5.74) is 2.52. The first-order chi connectivity index (χ1) is 9.24. The van der Waals surface area contributed by atoms with Gasteiger partial charge in [0.1, 0.15) is 0 Å². The Morgan fingerprint density at radius 1 is 1.47 bits per heavy atom. The fraction of sp³-hybridized carbons (Fsp3) is 0.800. The molecule has 2 rings (SSSR count). The molecule has 2 unspecified atom stereocenters. The van der Waals surface area contributed by atoms with Gasteiger partial charge in [-0.3, -0.25) is 4.68 Å². The van der Waals surface area contributed by atoms with Crippen LogP contribution in [0.2, 0.25) is 0 Å². The van der Waals surface area contributed by atoms with Crippen LogP contribution in [-0.4, -0.2) is 35.6 Å². The molecule has 1 aromatic heterocycles. The summed E-state index contributed by atoms with van der Waals surface area (Å²) in [5, 5.41) is 8.21. The monoisotopic (exact) mass is 265 g/mol. The van der Waals surface area contributed by atoms with Crippen molar-refractivity contribution in [3.63, 3.8) is 0 Å². The van der Waals surface area contributed by atoms with E-state index in [1.807, 2.05) is 11.7 Å². The van der Waals surface area contributed by atoms with Crippen LogP contribution in [0.4, 0.5) is 0 Å². The van der Waals surface area contributed by atoms with Crippen LogP contribution in [0.25, 0.3) is 0 Å². The van der Waals surface area contributed by atoms with E-state index in [9.17, 15) is 0 Å². The van der Waals surface area contributed by atoms with Gasteiger partial charge in [0.25, 0.3) is 0 Å². The molecule has 0 amide bonds. The fourth-order valence-corrected chi connectivity index (χ4v) is 2.80. The first-order valence-electron chi connectivity index (χ1n) is 7.57. The predicted molar refractivity (Wildman–Crippen MR) is 77.3 cm³/mol. The Bertz CT molecular complexity index is 389. The predicted octanol–water partition coefficient (Wildman–Crippen LogP) is 1.93. The lowest BCUT2D eigenvalue weighted by molar-refractivity contribution is 0.0316. The number of rotatable bonds is 6. The maximum Gasteiger partial charge on any atom is 0.0624 e. The molecule has 4 heteroatoms. The minimum absolute atomic E-state index is 0.570. The summed E-state index contributed by atoms with van der Waals surface area (Å²) in [7, 11) is 2.05. The van der Waals surface area contributed by atoms with Gasteiger partial charge in [-0.15, -0.1) is 0 Å². The van der Waals surface area contributed by atoms with Gasteiger partial charge in [0, 0.05) is 31.3 Å². The Labute approximate surface area is 116 Å². The highest BCUT2D eigenvalue weighted by atomic mass is 16.5. The van der Waals surface area contributed by atoms with Crippen molar-refractivity contribution in [1.29, 1.82) is 0 Å². The highest BCUT2D eigenvalue weighted by molar-refractivity contribution is 5.11. The number of hydrogen-bond donors (Lipinski definition) is 1. The average Bonchev–Trinajstić information content (AvgIpc) is 2.78. The fourth-order valence-electron chi connectivity index (χ4n) is 2.80. The molecular formula is C15H27N3O. The lowest BCUT2D eigenvalue weighted by Gasteiger charge is -2.32. The number of nitrogens with one attached hydrogen (secondary N) is 1. The van der Waals surface area contributed by atoms with Gasteiger partial charge >= 0.3 is 0 Å². The van der Waals surface area contributed by atoms with Crippen molar-refractivity contribution in [3.8, 4) is 0 Å². The smallest absolute Gasteiger partial charge is 0.0624 e. The summed E-state index contributed by atoms with van der Waals surface area (Å²) < 4.78 is 7.70. The SMILES string of the molecule is CCCNC1CCOCC1Cc1cc(CC)nn1C. The third-order valence-corrected chi connectivity index (χ3v) is 3.99. The number of aryl methyl sites for hydroxylation is 2. The van der Waals surface area contributed by atoms with Gasteiger partial charge in [-0.25, -0.2) is 0 Å². The number of aromatic nitrogens is 2. The highest BCUT2D eigenvalue weighted by Crippen LogP contribution is 2.20. The molecule has 0 aromatic carbocycles. The topological polar surface area (TPSA) is 39.1 Å². The van der Waals surface area contributed by atoms with Crippen molar-refractivity contribution < 1.29 is 4.74 Å². The van der Waals surface area contributed by atoms with E-state index in [-0.39, 0.29) is 0 Å². The Balaban J connectivity index is 1.99. The molecule has 2 atom stereocenters. The number of ether oxygens (including phenoxy) is 1. The molecule has 0 saturated carbocycles. The third kappa shape index (κ3) is 3.80. The van der Waals surface area contributed by atoms with Crippen molar-refractivity contribution in [2.24, 2.45) is 13.0 Å². The molecule has 1 saturated heterocycles. The normalized spacial score (nSPS) is 23.7. The molecule has 2 heterocycles. The van der Waals surface area contributed by atoms with Crippen LogP contribution in [0, 0.1) is 5.92 Å². The Kier molecular flexibility index (Phi) is 5.40. The van der Waals surface area contributed by atoms with Crippen LogP contribution in [0.1, 0.15) is 38.1 Å². The van der Waals surface area contributed by atoms with Gasteiger partial charge in [0.05, 0.1) is 12.3 Å². The molecule has 1 aromatic rings. The van der Waals surface area contributed by atoms with Gasteiger partial charge in [-0.05, 0) is 38.3 Å². The van der Waals surface area contributed by atoms with E-state index in [0.717, 1.165) is 39.0 Å². The lowest BCUT2D eigenvalue weighted by atomic mass is 9.91. The Hall–Kier alpha value is -0.870. The zero-order valence-electron chi connectivity index (χ0n) is 12.5. The second-order valence-corrected chi connectivity index (χ2v) is 5.49. The van der Waals surface area contributed by atoms with Gasteiger partial charge < -0.3 is 10.1 Å². The van der Waals surface area contributed by atoms with Gasteiger partial charge in [-0.1, -0.05) is 13.8 Å². The zero-order valence-corrected chi connectivity index (χ0v) is 12.5. The van der Waals surface area contributed by atoms with Gasteiger partial charge in [-0.2, -0.15) is 5.10 Å². The maximum absolute atomic E-state index is 5.67. The standard InChI is InChI=1S/C15H27N3O/c1-4-7-16-15-6-8-19-11-12(15)9-14-10-13(5-2)17-18(14)3/h10,12,15-16H,4-9,11H2,1-3H3. The molecule has 108 valence electrons. The molecule has 0 aliphatic carbocycles. The lowest BCUT2D eigenvalue weighted by Crippen LogP contribution is -2.44. The molecule has 1 N–H and O–H groups in total. The minimum Gasteiger partial charge on any atom is -0.381 e. The molecule has 0 bridgehead atoms. The van der Waals surface area contributed by atoms with E-state index in [2.05, 4.69) is 30.3 Å². The van der Waals surface area contributed by atoms with Crippen LogP contribution >= 0.6 is 0 Å². The van der Waals surface area contributed by atoms with E-state index >= 15 is 0 Å². The maximum atomic E-state index is 5.67. The molecule has 1 fully saturated rings. The average molecular weight is 265 g/mol. The molecule has 1 aliphatic heterocycles. The Morgan fingerprint density at radius 3 is 3.00 bits per heavy atom. The summed E-state index contributed by atoms with van der Waals surface area (Å²) >= 11 is 0. The molecule has 1 aliphatic rings. The van der Waals surface area contributed by atoms with Crippen molar-refractivity contribution >= 4 is 0 Å². The summed E-state index contributed by atoms with van der Waals surface area (Å²) in [6.07, 6.45) is 4.39. The van der Waals surface area contributed by atoms with Crippen LogP contribution in [0.15, 0.2) is 6.07 Å². The largest absolute Gasteiger partial charge is 0.381 e. The number of nitrogens with zero attached hydrogens (tertiary/aromatic N) is 2. The summed E-state index contributed by atoms with van der Waals surface area (Å²) in [6.45, 7) is 7.24. The zero-order chi connectivity index (χ0) is 13.7. The van der Waals surface area contributed by atoms with Crippen molar-refractivity contribution in [2.45, 2.75) is 45.6 Å². The molecule has 19 heavy (non-hydrogen) atoms. The summed E-state index contributed by atoms with van der Waals surface area (Å²) in [6, 6.07) is 2.83. The third-order valence-electron chi connectivity index (χ3n) is 3.99. The highest BCUT2D eigenvalue weighted by Gasteiger charge is 2.26. The van der Waals surface area contributed by atoms with Crippen LogP contribution in [0.3, 0.4) is 0 Å². The van der Waals surface area contributed by atoms with Crippen LogP contribution in [0.5, 0.6) is 0 Å². The minimum atomic E-state index is 0.570. The Morgan fingerprint density at radius 2 is 2.32 bits per heavy atom. The quantitative estimate of drug-likeness (QED) is 0.854. The second-order valence-electron chi connectivity index (χ2n) is 5.49. The van der Waals surface area contributed by atoms with E-state index in [0.29, 0.717) is 12.0 Å². The van der Waals surface area contributed by atoms with Gasteiger partial charge in [0.2, 0.25) is 0 Å². The van der Waals surface area contributed by atoms with E-state index in [1.165, 1.54) is 17.8 Å². The van der Waals surface area contributed by atoms with Crippen molar-refractivity contribution in [3.05, 3.63) is 17.5 Å². The molecular weight excluding hydrogens is 238 g/mol.